The predicted octanol–water partition coefficient (Wildman–Crippen LogP) is 0.146. The van der Waals surface area contributed by atoms with E-state index in [9.17, 15) is 0 Å². The molecule has 3 heteroatoms. The molecule has 0 spiro atoms. The Morgan fingerprint density at radius 2 is 1.57 bits per heavy atom. The minimum Gasteiger partial charge on any atom is -1.00 e. The van der Waals surface area contributed by atoms with Crippen LogP contribution >= 0.6 is 0 Å². The first kappa shape index (κ1) is 25.3. The van der Waals surface area contributed by atoms with E-state index in [1.165, 1.54) is 36.6 Å². The number of hydrogen-bond acceptors (Lipinski definition) is 0. The zero-order valence-corrected chi connectivity index (χ0v) is 21.0. The maximum atomic E-state index is 3.81. The first-order chi connectivity index (χ1) is 12.6. The van der Waals surface area contributed by atoms with Gasteiger partial charge >= 0.3 is 41.3 Å². The molecule has 2 aliphatic rings. The fourth-order valence-corrected chi connectivity index (χ4v) is 4.07. The molecule has 146 valence electrons. The second kappa shape index (κ2) is 11.4. The topological polar surface area (TPSA) is 0 Å². The van der Waals surface area contributed by atoms with Crippen LogP contribution in [-0.2, 0) is 43.5 Å². The monoisotopic (exact) mass is 487 g/mol. The second-order valence-corrected chi connectivity index (χ2v) is 9.64. The number of rotatable bonds is 3. The van der Waals surface area contributed by atoms with E-state index in [0.29, 0.717) is 5.92 Å². The summed E-state index contributed by atoms with van der Waals surface area (Å²) in [5, 5.41) is 0. The average Bonchev–Trinajstić information content (AvgIpc) is 3.26. The van der Waals surface area contributed by atoms with Crippen LogP contribution in [0.5, 0.6) is 0 Å². The van der Waals surface area contributed by atoms with Crippen molar-refractivity contribution in [3.63, 3.8) is 0 Å². The molecular weight excluding hydrogens is 462 g/mol. The van der Waals surface area contributed by atoms with Crippen molar-refractivity contribution in [2.45, 2.75) is 52.9 Å². The average molecular weight is 490 g/mol. The molecule has 0 aliphatic heterocycles. The summed E-state index contributed by atoms with van der Waals surface area (Å²) in [4.78, 5) is 0. The van der Waals surface area contributed by atoms with Gasteiger partial charge in [-0.05, 0) is 12.3 Å². The number of hydrogen-bond donors (Lipinski definition) is 0. The van der Waals surface area contributed by atoms with Crippen molar-refractivity contribution in [2.75, 3.05) is 0 Å². The molecule has 28 heavy (non-hydrogen) atoms. The van der Waals surface area contributed by atoms with Gasteiger partial charge in [-0.15, -0.1) is 27.8 Å². The van der Waals surface area contributed by atoms with E-state index < -0.39 is 0 Å². The number of halogens is 2. The zero-order chi connectivity index (χ0) is 18.7. The molecule has 2 aromatic rings. The molecule has 0 N–H and O–H groups in total. The summed E-state index contributed by atoms with van der Waals surface area (Å²) in [5.74, 6) is 0.411. The van der Waals surface area contributed by atoms with E-state index in [4.69, 9.17) is 0 Å². The van der Waals surface area contributed by atoms with E-state index in [2.05, 4.69) is 82.3 Å². The van der Waals surface area contributed by atoms with Crippen LogP contribution in [0.4, 0.5) is 0 Å². The first-order valence-corrected chi connectivity index (χ1v) is 10.8. The van der Waals surface area contributed by atoms with Gasteiger partial charge in [0.15, 0.2) is 0 Å². The summed E-state index contributed by atoms with van der Waals surface area (Å²) in [5.41, 5.74) is 10.2. The SMILES string of the molecule is CCc1c(C2C=CC=C2)[c-]c2c(c1CC)-c1ccccc1C2.C[C](C)=[Zr+2].[Cl-].[Cl-]. The molecule has 0 fully saturated rings. The first-order valence-electron chi connectivity index (χ1n) is 9.61. The Kier molecular flexibility index (Phi) is 10.3. The van der Waals surface area contributed by atoms with Gasteiger partial charge in [0.05, 0.1) is 0 Å². The normalized spacial score (nSPS) is 13.1. The Hall–Kier alpha value is -0.747. The molecule has 0 bridgehead atoms. The van der Waals surface area contributed by atoms with Crippen molar-refractivity contribution in [1.29, 1.82) is 0 Å². The van der Waals surface area contributed by atoms with E-state index in [0.717, 1.165) is 19.3 Å². The molecule has 0 saturated heterocycles. The Bertz CT molecular complexity index is 878. The van der Waals surface area contributed by atoms with Crippen molar-refractivity contribution >= 4 is 3.21 Å². The second-order valence-electron chi connectivity index (χ2n) is 7.19. The van der Waals surface area contributed by atoms with Crippen molar-refractivity contribution in [3.8, 4) is 11.1 Å². The third kappa shape index (κ3) is 5.24. The van der Waals surface area contributed by atoms with Gasteiger partial charge in [0.1, 0.15) is 0 Å². The van der Waals surface area contributed by atoms with Crippen LogP contribution in [0.2, 0.25) is 0 Å². The van der Waals surface area contributed by atoms with E-state index in [1.807, 2.05) is 0 Å². The third-order valence-corrected chi connectivity index (χ3v) is 5.02. The molecule has 0 saturated carbocycles. The summed E-state index contributed by atoms with van der Waals surface area (Å²) in [6.45, 7) is 8.82. The van der Waals surface area contributed by atoms with Crippen LogP contribution in [0.25, 0.3) is 11.1 Å². The fraction of sp³-hybridized carbons (Fsp3) is 0.320. The standard InChI is InChI=1S/C22H21.C3H6.2ClH.Zr/c1-3-18-19(4-2)22-17(13-16-11-7-8-12-20(16)22)14-21(18)15-9-5-6-10-15;1-3-2;;;/h5-12,15H,3-4,13H2,1-2H3;1-2H3;2*1H;/q-1;;;;+2/p-2. The smallest absolute Gasteiger partial charge is 1.00 e. The molecule has 0 amide bonds. The summed E-state index contributed by atoms with van der Waals surface area (Å²) in [6, 6.07) is 12.7. The Balaban J connectivity index is 0.000000601. The van der Waals surface area contributed by atoms with Crippen molar-refractivity contribution in [2.24, 2.45) is 0 Å². The molecule has 0 unspecified atom stereocenters. The number of fused-ring (bicyclic) bond motifs is 3. The van der Waals surface area contributed by atoms with Crippen LogP contribution in [0.15, 0.2) is 48.6 Å². The van der Waals surface area contributed by atoms with Crippen LogP contribution in [0.1, 0.15) is 61.4 Å². The van der Waals surface area contributed by atoms with Gasteiger partial charge in [-0.3, -0.25) is 0 Å². The Morgan fingerprint density at radius 1 is 1.00 bits per heavy atom. The minimum absolute atomic E-state index is 0. The van der Waals surface area contributed by atoms with Gasteiger partial charge in [-0.25, -0.2) is 0 Å². The van der Waals surface area contributed by atoms with Gasteiger partial charge in [0.25, 0.3) is 0 Å². The maximum Gasteiger partial charge on any atom is -1.00 e. The van der Waals surface area contributed by atoms with Crippen molar-refractivity contribution in [1.82, 2.24) is 0 Å². The maximum absolute atomic E-state index is 3.81. The quantitative estimate of drug-likeness (QED) is 0.460. The van der Waals surface area contributed by atoms with Crippen molar-refractivity contribution < 1.29 is 49.0 Å². The summed E-state index contributed by atoms with van der Waals surface area (Å²) in [6.07, 6.45) is 12.1. The predicted molar refractivity (Wildman–Crippen MR) is 110 cm³/mol. The molecule has 0 atom stereocenters. The molecular formula is C25H27Cl2Zr-. The van der Waals surface area contributed by atoms with Gasteiger partial charge in [-0.1, -0.05) is 86.4 Å². The van der Waals surface area contributed by atoms with Crippen LogP contribution < -0.4 is 24.8 Å². The largest absolute Gasteiger partial charge is 1.00 e. The molecule has 2 aromatic carbocycles. The molecule has 2 aliphatic carbocycles. The number of allylic oxidation sites excluding steroid dienone is 4. The van der Waals surface area contributed by atoms with E-state index >= 15 is 0 Å². The van der Waals surface area contributed by atoms with Crippen LogP contribution in [-0.4, -0.2) is 3.21 Å². The minimum atomic E-state index is 0. The molecule has 0 aromatic heterocycles. The van der Waals surface area contributed by atoms with Gasteiger partial charge in [-0.2, -0.15) is 6.07 Å². The number of benzene rings is 2. The molecule has 4 rings (SSSR count). The van der Waals surface area contributed by atoms with Gasteiger partial charge < -0.3 is 24.8 Å². The Labute approximate surface area is 197 Å². The van der Waals surface area contributed by atoms with E-state index in [-0.39, 0.29) is 24.8 Å². The fourth-order valence-electron chi connectivity index (χ4n) is 4.07. The van der Waals surface area contributed by atoms with Gasteiger partial charge in [0, 0.05) is 0 Å². The van der Waals surface area contributed by atoms with Crippen LogP contribution in [0.3, 0.4) is 0 Å². The summed E-state index contributed by atoms with van der Waals surface area (Å²) in [7, 11) is 0. The van der Waals surface area contributed by atoms with Crippen molar-refractivity contribution in [3.05, 3.63) is 82.5 Å². The summed E-state index contributed by atoms with van der Waals surface area (Å²) < 4.78 is 1.51. The van der Waals surface area contributed by atoms with Gasteiger partial charge in [0.2, 0.25) is 0 Å². The molecule has 0 heterocycles. The summed E-state index contributed by atoms with van der Waals surface area (Å²) >= 11 is 1.55. The zero-order valence-electron chi connectivity index (χ0n) is 17.1. The Morgan fingerprint density at radius 3 is 2.14 bits per heavy atom. The molecule has 0 radical (unpaired) electrons. The van der Waals surface area contributed by atoms with Crippen LogP contribution in [0, 0.1) is 6.07 Å². The van der Waals surface area contributed by atoms with E-state index in [1.54, 1.807) is 29.8 Å². The molecule has 0 nitrogen and oxygen atoms in total. The third-order valence-electron chi connectivity index (χ3n) is 5.02.